The van der Waals surface area contributed by atoms with Crippen LogP contribution in [0.15, 0.2) is 97.2 Å². The lowest BCUT2D eigenvalue weighted by molar-refractivity contribution is -0.167. The summed E-state index contributed by atoms with van der Waals surface area (Å²) in [6.07, 6.45) is 66.8. The van der Waals surface area contributed by atoms with Crippen molar-refractivity contribution in [2.45, 2.75) is 232 Å². The molecule has 0 bridgehead atoms. The zero-order valence-corrected chi connectivity index (χ0v) is 40.8. The molecular formula is C57H94O6. The number of allylic oxidation sites excluding steroid dienone is 16. The van der Waals surface area contributed by atoms with E-state index in [1.54, 1.807) is 0 Å². The summed E-state index contributed by atoms with van der Waals surface area (Å²) in [6, 6.07) is 0. The zero-order valence-electron chi connectivity index (χ0n) is 40.8. The molecule has 0 aliphatic carbocycles. The first-order valence-electron chi connectivity index (χ1n) is 25.8. The van der Waals surface area contributed by atoms with Crippen LogP contribution >= 0.6 is 0 Å². The molecule has 0 saturated heterocycles. The molecule has 0 rings (SSSR count). The Morgan fingerprint density at radius 2 is 0.619 bits per heavy atom. The molecule has 1 unspecified atom stereocenters. The lowest BCUT2D eigenvalue weighted by Gasteiger charge is -2.18. The molecule has 0 N–H and O–H groups in total. The second-order valence-corrected chi connectivity index (χ2v) is 16.8. The number of hydrogen-bond donors (Lipinski definition) is 0. The molecule has 0 aromatic carbocycles. The van der Waals surface area contributed by atoms with E-state index < -0.39 is 6.10 Å². The van der Waals surface area contributed by atoms with Crippen molar-refractivity contribution >= 4 is 17.9 Å². The van der Waals surface area contributed by atoms with Crippen molar-refractivity contribution < 1.29 is 28.6 Å². The van der Waals surface area contributed by atoms with Gasteiger partial charge in [0.1, 0.15) is 13.2 Å². The highest BCUT2D eigenvalue weighted by molar-refractivity contribution is 5.71. The molecule has 0 aliphatic heterocycles. The lowest BCUT2D eigenvalue weighted by Crippen LogP contribution is -2.30. The summed E-state index contributed by atoms with van der Waals surface area (Å²) in [5.41, 5.74) is 0. The first-order valence-corrected chi connectivity index (χ1v) is 25.8. The molecular weight excluding hydrogens is 781 g/mol. The van der Waals surface area contributed by atoms with E-state index in [0.29, 0.717) is 19.3 Å². The van der Waals surface area contributed by atoms with Crippen molar-refractivity contribution in [3.63, 3.8) is 0 Å². The van der Waals surface area contributed by atoms with E-state index in [-0.39, 0.29) is 31.1 Å². The molecule has 0 fully saturated rings. The van der Waals surface area contributed by atoms with Crippen molar-refractivity contribution in [2.24, 2.45) is 0 Å². The normalized spacial score (nSPS) is 12.9. The predicted octanol–water partition coefficient (Wildman–Crippen LogP) is 17.0. The van der Waals surface area contributed by atoms with Gasteiger partial charge in [0.25, 0.3) is 0 Å². The predicted molar refractivity (Wildman–Crippen MR) is 270 cm³/mol. The van der Waals surface area contributed by atoms with E-state index >= 15 is 0 Å². The van der Waals surface area contributed by atoms with E-state index in [0.717, 1.165) is 109 Å². The van der Waals surface area contributed by atoms with Gasteiger partial charge in [0.2, 0.25) is 0 Å². The Labute approximate surface area is 387 Å². The van der Waals surface area contributed by atoms with Crippen molar-refractivity contribution in [3.8, 4) is 0 Å². The smallest absolute Gasteiger partial charge is 0.306 e. The van der Waals surface area contributed by atoms with E-state index in [9.17, 15) is 14.4 Å². The first-order chi connectivity index (χ1) is 31.0. The number of esters is 3. The summed E-state index contributed by atoms with van der Waals surface area (Å²) in [5, 5.41) is 0. The van der Waals surface area contributed by atoms with Gasteiger partial charge in [0.15, 0.2) is 6.10 Å². The second kappa shape index (κ2) is 51.0. The van der Waals surface area contributed by atoms with Gasteiger partial charge >= 0.3 is 17.9 Å². The van der Waals surface area contributed by atoms with Gasteiger partial charge in [-0.1, -0.05) is 221 Å². The molecule has 6 heteroatoms. The maximum absolute atomic E-state index is 12.8. The SMILES string of the molecule is CC/C=C/C=C/C=C/CCCCCCCC(=O)OCC(COC(=O)CCCCCCCCCCCC/C=C/C=C/CCCCC)OC(=O)CCCCCCC/C=C/C=C/C=C/CC. The number of hydrogen-bond acceptors (Lipinski definition) is 6. The van der Waals surface area contributed by atoms with E-state index in [4.69, 9.17) is 14.2 Å². The molecule has 63 heavy (non-hydrogen) atoms. The van der Waals surface area contributed by atoms with Crippen molar-refractivity contribution in [2.75, 3.05) is 13.2 Å². The Bertz CT molecular complexity index is 1280. The van der Waals surface area contributed by atoms with Gasteiger partial charge in [-0.3, -0.25) is 14.4 Å². The van der Waals surface area contributed by atoms with Crippen LogP contribution < -0.4 is 0 Å². The van der Waals surface area contributed by atoms with E-state index in [2.05, 4.69) is 118 Å². The zero-order chi connectivity index (χ0) is 45.8. The molecule has 358 valence electrons. The standard InChI is InChI=1S/C57H94O6/c1-4-7-10-13-16-19-22-25-26-27-28-29-30-33-35-38-41-44-47-50-56(59)62-53-54(63-57(60)51-48-45-42-39-36-32-24-21-18-15-12-9-6-3)52-61-55(58)49-46-43-40-37-34-31-23-20-17-14-11-8-5-2/h8-9,11-12,14-25,54H,4-7,10,13,26-53H2,1-3H3/b11-8+,12-9+,17-14+,18-15+,19-16+,23-20+,24-21+,25-22+. The number of unbranched alkanes of at least 4 members (excludes halogenated alkanes) is 23. The number of carbonyl (C=O) groups is 3. The molecule has 0 aromatic heterocycles. The molecule has 0 amide bonds. The fourth-order valence-electron chi connectivity index (χ4n) is 6.84. The van der Waals surface area contributed by atoms with Crippen molar-refractivity contribution in [1.29, 1.82) is 0 Å². The fraction of sp³-hybridized carbons (Fsp3) is 0.667. The van der Waals surface area contributed by atoms with Gasteiger partial charge in [0, 0.05) is 19.3 Å². The maximum Gasteiger partial charge on any atom is 0.306 e. The number of carbonyl (C=O) groups excluding carboxylic acids is 3. The second-order valence-electron chi connectivity index (χ2n) is 16.8. The summed E-state index contributed by atoms with van der Waals surface area (Å²) >= 11 is 0. The third-order valence-electron chi connectivity index (χ3n) is 10.7. The first kappa shape index (κ1) is 59.3. The van der Waals surface area contributed by atoms with E-state index in [1.807, 2.05) is 0 Å². The van der Waals surface area contributed by atoms with Crippen LogP contribution in [0.25, 0.3) is 0 Å². The Hall–Kier alpha value is -3.67. The topological polar surface area (TPSA) is 78.9 Å². The van der Waals surface area contributed by atoms with Crippen molar-refractivity contribution in [1.82, 2.24) is 0 Å². The molecule has 0 aromatic rings. The lowest BCUT2D eigenvalue weighted by atomic mass is 10.1. The molecule has 0 aliphatic rings. The minimum absolute atomic E-state index is 0.0956. The Morgan fingerprint density at radius 3 is 0.968 bits per heavy atom. The molecule has 0 spiro atoms. The molecule has 0 saturated carbocycles. The minimum Gasteiger partial charge on any atom is -0.462 e. The van der Waals surface area contributed by atoms with Crippen LogP contribution in [-0.2, 0) is 28.6 Å². The van der Waals surface area contributed by atoms with Gasteiger partial charge in [-0.2, -0.15) is 0 Å². The summed E-state index contributed by atoms with van der Waals surface area (Å²) in [5.74, 6) is -0.944. The van der Waals surface area contributed by atoms with E-state index in [1.165, 1.54) is 77.0 Å². The third kappa shape index (κ3) is 49.2. The van der Waals surface area contributed by atoms with Crippen LogP contribution in [0.2, 0.25) is 0 Å². The van der Waals surface area contributed by atoms with Crippen LogP contribution in [0.5, 0.6) is 0 Å². The third-order valence-corrected chi connectivity index (χ3v) is 10.7. The highest BCUT2D eigenvalue weighted by atomic mass is 16.6. The maximum atomic E-state index is 12.8. The van der Waals surface area contributed by atoms with Gasteiger partial charge in [-0.15, -0.1) is 0 Å². The van der Waals surface area contributed by atoms with Crippen LogP contribution in [0.4, 0.5) is 0 Å². The Kier molecular flexibility index (Phi) is 48.0. The Morgan fingerprint density at radius 1 is 0.333 bits per heavy atom. The number of rotatable bonds is 45. The fourth-order valence-corrected chi connectivity index (χ4v) is 6.84. The van der Waals surface area contributed by atoms with Gasteiger partial charge in [0.05, 0.1) is 0 Å². The largest absolute Gasteiger partial charge is 0.462 e. The van der Waals surface area contributed by atoms with Crippen molar-refractivity contribution in [3.05, 3.63) is 97.2 Å². The van der Waals surface area contributed by atoms with Gasteiger partial charge < -0.3 is 14.2 Å². The minimum atomic E-state index is -0.798. The molecule has 0 heterocycles. The van der Waals surface area contributed by atoms with Gasteiger partial charge in [-0.05, 0) is 83.5 Å². The van der Waals surface area contributed by atoms with Gasteiger partial charge in [-0.25, -0.2) is 0 Å². The average Bonchev–Trinajstić information content (AvgIpc) is 3.28. The average molecular weight is 875 g/mol. The summed E-state index contributed by atoms with van der Waals surface area (Å²) in [7, 11) is 0. The summed E-state index contributed by atoms with van der Waals surface area (Å²) in [6.45, 7) is 6.30. The highest BCUT2D eigenvalue weighted by Gasteiger charge is 2.19. The molecule has 1 atom stereocenters. The summed E-state index contributed by atoms with van der Waals surface area (Å²) < 4.78 is 16.8. The highest BCUT2D eigenvalue weighted by Crippen LogP contribution is 2.14. The quantitative estimate of drug-likeness (QED) is 0.0262. The van der Waals surface area contributed by atoms with Crippen LogP contribution in [0, 0.1) is 0 Å². The monoisotopic (exact) mass is 875 g/mol. The van der Waals surface area contributed by atoms with Crippen LogP contribution in [0.3, 0.4) is 0 Å². The van der Waals surface area contributed by atoms with Crippen LogP contribution in [-0.4, -0.2) is 37.2 Å². The van der Waals surface area contributed by atoms with Crippen LogP contribution in [0.1, 0.15) is 226 Å². The Balaban J connectivity index is 4.40. The molecule has 6 nitrogen and oxygen atoms in total. The summed E-state index contributed by atoms with van der Waals surface area (Å²) in [4.78, 5) is 38.0. The molecule has 0 radical (unpaired) electrons. The number of ether oxygens (including phenoxy) is 3.